The average Bonchev–Trinajstić information content (AvgIpc) is 2.74. The molecule has 0 aliphatic heterocycles. The van der Waals surface area contributed by atoms with Gasteiger partial charge in [-0.05, 0) is 31.3 Å². The van der Waals surface area contributed by atoms with Crippen LogP contribution in [-0.2, 0) is 0 Å². The Kier molecular flexibility index (Phi) is 3.47. The fourth-order valence-electron chi connectivity index (χ4n) is 1.61. The van der Waals surface area contributed by atoms with E-state index in [1.807, 2.05) is 25.1 Å². The van der Waals surface area contributed by atoms with Crippen molar-refractivity contribution in [3.05, 3.63) is 30.0 Å². The van der Waals surface area contributed by atoms with Gasteiger partial charge in [-0.25, -0.2) is 0 Å². The lowest BCUT2D eigenvalue weighted by Crippen LogP contribution is -2.18. The van der Waals surface area contributed by atoms with Crippen LogP contribution in [0, 0.1) is 6.92 Å². The van der Waals surface area contributed by atoms with Crippen LogP contribution in [0.5, 0.6) is 5.75 Å². The van der Waals surface area contributed by atoms with Gasteiger partial charge in [-0.15, -0.1) is 0 Å². The summed E-state index contributed by atoms with van der Waals surface area (Å²) in [6, 6.07) is 7.35. The number of anilines is 1. The van der Waals surface area contributed by atoms with Gasteiger partial charge in [0.25, 0.3) is 0 Å². The van der Waals surface area contributed by atoms with E-state index in [0.717, 1.165) is 16.9 Å². The van der Waals surface area contributed by atoms with Gasteiger partial charge in [-0.3, -0.25) is 0 Å². The van der Waals surface area contributed by atoms with Crippen molar-refractivity contribution in [1.29, 1.82) is 0 Å². The maximum atomic E-state index is 5.42. The minimum atomic E-state index is 0.209. The number of nitrogens with two attached hydrogens (primary N) is 1. The van der Waals surface area contributed by atoms with E-state index in [2.05, 4.69) is 10.5 Å². The van der Waals surface area contributed by atoms with Crippen molar-refractivity contribution in [2.75, 3.05) is 12.4 Å². The SMILES string of the molecule is COc1cc(NC(N)=S)ccc1-c1cc(C)no1. The van der Waals surface area contributed by atoms with Gasteiger partial charge < -0.3 is 20.3 Å². The lowest BCUT2D eigenvalue weighted by atomic mass is 10.1. The van der Waals surface area contributed by atoms with E-state index in [1.54, 1.807) is 13.2 Å². The van der Waals surface area contributed by atoms with E-state index in [1.165, 1.54) is 0 Å². The topological polar surface area (TPSA) is 73.3 Å². The van der Waals surface area contributed by atoms with Crippen molar-refractivity contribution in [3.8, 4) is 17.1 Å². The van der Waals surface area contributed by atoms with E-state index >= 15 is 0 Å². The third kappa shape index (κ3) is 2.60. The second-order valence-electron chi connectivity index (χ2n) is 3.74. The molecule has 3 N–H and O–H groups in total. The number of hydrogen-bond donors (Lipinski definition) is 2. The summed E-state index contributed by atoms with van der Waals surface area (Å²) in [6.45, 7) is 1.86. The van der Waals surface area contributed by atoms with Crippen molar-refractivity contribution in [2.45, 2.75) is 6.92 Å². The summed E-state index contributed by atoms with van der Waals surface area (Å²) in [5.41, 5.74) is 7.83. The highest BCUT2D eigenvalue weighted by atomic mass is 32.1. The first-order valence-corrected chi connectivity index (χ1v) is 5.69. The van der Waals surface area contributed by atoms with Crippen molar-refractivity contribution in [3.63, 3.8) is 0 Å². The van der Waals surface area contributed by atoms with Crippen LogP contribution in [0.3, 0.4) is 0 Å². The van der Waals surface area contributed by atoms with Crippen LogP contribution < -0.4 is 15.8 Å². The normalized spacial score (nSPS) is 10.1. The van der Waals surface area contributed by atoms with Crippen LogP contribution in [-0.4, -0.2) is 17.4 Å². The Morgan fingerprint density at radius 3 is 2.78 bits per heavy atom. The zero-order valence-corrected chi connectivity index (χ0v) is 10.9. The highest BCUT2D eigenvalue weighted by Crippen LogP contribution is 2.32. The van der Waals surface area contributed by atoms with Crippen LogP contribution in [0.4, 0.5) is 5.69 Å². The van der Waals surface area contributed by atoms with Gasteiger partial charge in [-0.1, -0.05) is 5.16 Å². The third-order valence-corrected chi connectivity index (χ3v) is 2.46. The first-order valence-electron chi connectivity index (χ1n) is 5.28. The smallest absolute Gasteiger partial charge is 0.170 e. The second kappa shape index (κ2) is 5.05. The third-order valence-electron chi connectivity index (χ3n) is 2.36. The van der Waals surface area contributed by atoms with E-state index in [-0.39, 0.29) is 5.11 Å². The van der Waals surface area contributed by atoms with Gasteiger partial charge in [0.15, 0.2) is 10.9 Å². The number of hydrogen-bond acceptors (Lipinski definition) is 4. The quantitative estimate of drug-likeness (QED) is 0.828. The summed E-state index contributed by atoms with van der Waals surface area (Å²) in [5, 5.41) is 6.91. The molecule has 1 heterocycles. The fourth-order valence-corrected chi connectivity index (χ4v) is 1.72. The predicted molar refractivity (Wildman–Crippen MR) is 73.6 cm³/mol. The summed E-state index contributed by atoms with van der Waals surface area (Å²) in [7, 11) is 1.59. The zero-order chi connectivity index (χ0) is 13.1. The minimum Gasteiger partial charge on any atom is -0.496 e. The van der Waals surface area contributed by atoms with Crippen LogP contribution in [0.25, 0.3) is 11.3 Å². The highest BCUT2D eigenvalue weighted by molar-refractivity contribution is 7.80. The maximum Gasteiger partial charge on any atom is 0.170 e. The van der Waals surface area contributed by atoms with Crippen LogP contribution in [0.1, 0.15) is 5.69 Å². The molecule has 1 aromatic heterocycles. The summed E-state index contributed by atoms with van der Waals surface area (Å²) < 4.78 is 10.5. The molecule has 94 valence electrons. The number of aryl methyl sites for hydroxylation is 1. The number of methoxy groups -OCH3 is 1. The zero-order valence-electron chi connectivity index (χ0n) is 10.1. The van der Waals surface area contributed by atoms with Gasteiger partial charge >= 0.3 is 0 Å². The Bertz CT molecular complexity index is 580. The molecule has 0 radical (unpaired) electrons. The number of nitrogens with zero attached hydrogens (tertiary/aromatic N) is 1. The highest BCUT2D eigenvalue weighted by Gasteiger charge is 2.11. The molecule has 0 atom stereocenters. The van der Waals surface area contributed by atoms with Gasteiger partial charge in [0.2, 0.25) is 0 Å². The molecule has 0 fully saturated rings. The molecule has 1 aromatic carbocycles. The van der Waals surface area contributed by atoms with Crippen molar-refractivity contribution in [2.24, 2.45) is 5.73 Å². The molecule has 0 aliphatic rings. The first-order chi connectivity index (χ1) is 8.60. The van der Waals surface area contributed by atoms with Gasteiger partial charge in [-0.2, -0.15) is 0 Å². The van der Waals surface area contributed by atoms with Crippen molar-refractivity contribution < 1.29 is 9.26 Å². The summed E-state index contributed by atoms with van der Waals surface area (Å²) in [6.07, 6.45) is 0. The van der Waals surface area contributed by atoms with E-state index in [0.29, 0.717) is 11.5 Å². The summed E-state index contributed by atoms with van der Waals surface area (Å²) >= 11 is 4.78. The number of ether oxygens (including phenoxy) is 1. The molecule has 0 spiro atoms. The molecule has 0 saturated heterocycles. The standard InChI is InChI=1S/C12H13N3O2S/c1-7-5-11(17-15-7)9-4-3-8(14-12(13)18)6-10(9)16-2/h3-6H,1-2H3,(H3,13,14,18). The molecule has 18 heavy (non-hydrogen) atoms. The molecule has 2 aromatic rings. The largest absolute Gasteiger partial charge is 0.496 e. The average molecular weight is 263 g/mol. The van der Waals surface area contributed by atoms with E-state index < -0.39 is 0 Å². The molecular weight excluding hydrogens is 250 g/mol. The molecule has 0 aliphatic carbocycles. The molecule has 2 rings (SSSR count). The van der Waals surface area contributed by atoms with Crippen molar-refractivity contribution in [1.82, 2.24) is 5.16 Å². The lowest BCUT2D eigenvalue weighted by molar-refractivity contribution is 0.405. The lowest BCUT2D eigenvalue weighted by Gasteiger charge is -2.09. The van der Waals surface area contributed by atoms with Crippen LogP contribution in [0.2, 0.25) is 0 Å². The predicted octanol–water partition coefficient (Wildman–Crippen LogP) is 2.31. The fraction of sp³-hybridized carbons (Fsp3) is 0.167. The molecule has 6 heteroatoms. The monoisotopic (exact) mass is 263 g/mol. The Morgan fingerprint density at radius 2 is 2.22 bits per heavy atom. The Balaban J connectivity index is 2.40. The first kappa shape index (κ1) is 12.4. The molecule has 5 nitrogen and oxygen atoms in total. The number of rotatable bonds is 3. The number of benzene rings is 1. The number of thiocarbonyl (C=S) groups is 1. The maximum absolute atomic E-state index is 5.42. The summed E-state index contributed by atoms with van der Waals surface area (Å²) in [4.78, 5) is 0. The molecular formula is C12H13N3O2S. The van der Waals surface area contributed by atoms with Gasteiger partial charge in [0, 0.05) is 17.8 Å². The van der Waals surface area contributed by atoms with Crippen molar-refractivity contribution >= 4 is 23.0 Å². The Morgan fingerprint density at radius 1 is 1.44 bits per heavy atom. The summed E-state index contributed by atoms with van der Waals surface area (Å²) in [5.74, 6) is 1.32. The molecule has 0 amide bonds. The van der Waals surface area contributed by atoms with Crippen LogP contribution in [0.15, 0.2) is 28.8 Å². The number of nitrogens with one attached hydrogen (secondary N) is 1. The van der Waals surface area contributed by atoms with E-state index in [9.17, 15) is 0 Å². The van der Waals surface area contributed by atoms with Gasteiger partial charge in [0.1, 0.15) is 5.75 Å². The van der Waals surface area contributed by atoms with Gasteiger partial charge in [0.05, 0.1) is 18.4 Å². The molecule has 0 unspecified atom stereocenters. The second-order valence-corrected chi connectivity index (χ2v) is 4.18. The Hall–Kier alpha value is -2.08. The van der Waals surface area contributed by atoms with Crippen LogP contribution >= 0.6 is 12.2 Å². The Labute approximate surface area is 110 Å². The molecule has 0 saturated carbocycles. The number of aromatic nitrogens is 1. The minimum absolute atomic E-state index is 0.209. The van der Waals surface area contributed by atoms with E-state index in [4.69, 9.17) is 27.2 Å². The molecule has 0 bridgehead atoms.